The molecule has 1 aliphatic carbocycles. The third kappa shape index (κ3) is 3.89. The summed E-state index contributed by atoms with van der Waals surface area (Å²) < 4.78 is 10.5. The largest absolute Gasteiger partial charge is 0.491 e. The summed E-state index contributed by atoms with van der Waals surface area (Å²) in [5.41, 5.74) is 7.01. The third-order valence-electron chi connectivity index (χ3n) is 3.23. The molecule has 0 radical (unpaired) electrons. The molecule has 0 amide bonds. The molecule has 4 heteroatoms. The third-order valence-corrected chi connectivity index (χ3v) is 3.23. The van der Waals surface area contributed by atoms with E-state index >= 15 is 0 Å². The fourth-order valence-corrected chi connectivity index (χ4v) is 2.30. The molecular weight excluding hydrogens is 228 g/mol. The summed E-state index contributed by atoms with van der Waals surface area (Å²) in [6.45, 7) is 1.18. The summed E-state index contributed by atoms with van der Waals surface area (Å²) in [4.78, 5) is 0. The fraction of sp³-hybridized carbons (Fsp3) is 0.571. The van der Waals surface area contributed by atoms with E-state index in [-0.39, 0.29) is 0 Å². The van der Waals surface area contributed by atoms with Crippen LogP contribution in [-0.4, -0.2) is 32.4 Å². The Kier molecular flexibility index (Phi) is 4.84. The number of benzene rings is 1. The van der Waals surface area contributed by atoms with Crippen LogP contribution in [0.5, 0.6) is 5.75 Å². The van der Waals surface area contributed by atoms with Crippen LogP contribution >= 0.6 is 0 Å². The number of nitrogens with one attached hydrogen (secondary N) is 1. The lowest BCUT2D eigenvalue weighted by atomic mass is 10.2. The molecule has 100 valence electrons. The number of hydrogen-bond acceptors (Lipinski definition) is 4. The second kappa shape index (κ2) is 6.61. The highest BCUT2D eigenvalue weighted by Crippen LogP contribution is 2.24. The fourth-order valence-electron chi connectivity index (χ4n) is 2.30. The van der Waals surface area contributed by atoms with E-state index in [1.54, 1.807) is 7.11 Å². The van der Waals surface area contributed by atoms with Crippen LogP contribution in [0.25, 0.3) is 0 Å². The molecule has 3 N–H and O–H groups in total. The van der Waals surface area contributed by atoms with Crippen molar-refractivity contribution in [2.45, 2.75) is 31.3 Å². The van der Waals surface area contributed by atoms with Gasteiger partial charge in [-0.1, -0.05) is 6.07 Å². The monoisotopic (exact) mass is 250 g/mol. The molecule has 0 bridgehead atoms. The minimum Gasteiger partial charge on any atom is -0.491 e. The van der Waals surface area contributed by atoms with Gasteiger partial charge >= 0.3 is 0 Å². The Balaban J connectivity index is 1.86. The molecule has 1 aliphatic rings. The number of anilines is 1. The molecule has 4 nitrogen and oxygen atoms in total. The molecule has 2 unspecified atom stereocenters. The minimum absolute atomic E-state index is 0.351. The highest BCUT2D eigenvalue weighted by atomic mass is 16.5. The van der Waals surface area contributed by atoms with Crippen molar-refractivity contribution in [2.24, 2.45) is 5.73 Å². The second-order valence-corrected chi connectivity index (χ2v) is 4.78. The summed E-state index contributed by atoms with van der Waals surface area (Å²) in [5, 5.41) is 3.51. The van der Waals surface area contributed by atoms with Crippen molar-refractivity contribution in [3.05, 3.63) is 24.3 Å². The van der Waals surface area contributed by atoms with Gasteiger partial charge in [-0.25, -0.2) is 0 Å². The maximum absolute atomic E-state index is 5.91. The molecule has 1 aromatic carbocycles. The molecule has 0 spiro atoms. The van der Waals surface area contributed by atoms with Crippen LogP contribution in [0.15, 0.2) is 24.3 Å². The SMILES string of the molecule is COCCOc1cccc(NC2CCC(N)C2)c1. The lowest BCUT2D eigenvalue weighted by Gasteiger charge is -2.15. The van der Waals surface area contributed by atoms with Crippen LogP contribution < -0.4 is 15.8 Å². The van der Waals surface area contributed by atoms with Crippen molar-refractivity contribution < 1.29 is 9.47 Å². The molecule has 0 aliphatic heterocycles. The molecule has 0 saturated heterocycles. The summed E-state index contributed by atoms with van der Waals surface area (Å²) >= 11 is 0. The van der Waals surface area contributed by atoms with Crippen LogP contribution in [0.3, 0.4) is 0 Å². The van der Waals surface area contributed by atoms with Crippen LogP contribution in [0, 0.1) is 0 Å². The van der Waals surface area contributed by atoms with E-state index in [0.29, 0.717) is 25.3 Å². The first-order valence-electron chi connectivity index (χ1n) is 6.52. The quantitative estimate of drug-likeness (QED) is 0.758. The number of nitrogens with two attached hydrogens (primary N) is 1. The summed E-state index contributed by atoms with van der Waals surface area (Å²) in [5.74, 6) is 0.874. The molecule has 1 fully saturated rings. The van der Waals surface area contributed by atoms with E-state index in [9.17, 15) is 0 Å². The zero-order chi connectivity index (χ0) is 12.8. The lowest BCUT2D eigenvalue weighted by Crippen LogP contribution is -2.20. The Bertz CT molecular complexity index is 371. The molecule has 1 aromatic rings. The van der Waals surface area contributed by atoms with Crippen LogP contribution in [0.4, 0.5) is 5.69 Å². The summed E-state index contributed by atoms with van der Waals surface area (Å²) in [7, 11) is 1.67. The standard InChI is InChI=1S/C14H22N2O2/c1-17-7-8-18-14-4-2-3-12(10-14)16-13-6-5-11(15)9-13/h2-4,10-11,13,16H,5-9,15H2,1H3. The van der Waals surface area contributed by atoms with Gasteiger partial charge in [0.05, 0.1) is 6.61 Å². The van der Waals surface area contributed by atoms with E-state index in [2.05, 4.69) is 11.4 Å². The zero-order valence-electron chi connectivity index (χ0n) is 10.9. The van der Waals surface area contributed by atoms with Gasteiger partial charge in [-0.15, -0.1) is 0 Å². The highest BCUT2D eigenvalue weighted by Gasteiger charge is 2.21. The van der Waals surface area contributed by atoms with Crippen LogP contribution in [0.1, 0.15) is 19.3 Å². The topological polar surface area (TPSA) is 56.5 Å². The van der Waals surface area contributed by atoms with Crippen LogP contribution in [-0.2, 0) is 4.74 Å². The molecule has 2 atom stereocenters. The number of rotatable bonds is 6. The van der Waals surface area contributed by atoms with Gasteiger partial charge in [-0.05, 0) is 31.4 Å². The molecule has 18 heavy (non-hydrogen) atoms. The molecule has 0 aromatic heterocycles. The molecule has 1 saturated carbocycles. The average Bonchev–Trinajstić information content (AvgIpc) is 2.76. The van der Waals surface area contributed by atoms with Gasteiger partial charge in [0, 0.05) is 30.9 Å². The molecule has 0 heterocycles. The van der Waals surface area contributed by atoms with E-state index in [0.717, 1.165) is 30.7 Å². The van der Waals surface area contributed by atoms with E-state index in [1.165, 1.54) is 0 Å². The zero-order valence-corrected chi connectivity index (χ0v) is 10.9. The van der Waals surface area contributed by atoms with Gasteiger partial charge in [0.15, 0.2) is 0 Å². The predicted molar refractivity (Wildman–Crippen MR) is 73.1 cm³/mol. The number of ether oxygens (including phenoxy) is 2. The number of methoxy groups -OCH3 is 1. The smallest absolute Gasteiger partial charge is 0.121 e. The van der Waals surface area contributed by atoms with Gasteiger partial charge in [-0.3, -0.25) is 0 Å². The summed E-state index contributed by atoms with van der Waals surface area (Å²) in [6, 6.07) is 8.89. The maximum Gasteiger partial charge on any atom is 0.121 e. The van der Waals surface area contributed by atoms with Crippen molar-refractivity contribution in [1.29, 1.82) is 0 Å². The van der Waals surface area contributed by atoms with Gasteiger partial charge < -0.3 is 20.5 Å². The first-order valence-corrected chi connectivity index (χ1v) is 6.52. The average molecular weight is 250 g/mol. The normalized spacial score (nSPS) is 23.0. The second-order valence-electron chi connectivity index (χ2n) is 4.78. The molecule has 2 rings (SSSR count). The van der Waals surface area contributed by atoms with Gasteiger partial charge in [-0.2, -0.15) is 0 Å². The predicted octanol–water partition coefficient (Wildman–Crippen LogP) is 2.00. The van der Waals surface area contributed by atoms with Gasteiger partial charge in [0.2, 0.25) is 0 Å². The maximum atomic E-state index is 5.91. The van der Waals surface area contributed by atoms with Crippen molar-refractivity contribution in [1.82, 2.24) is 0 Å². The van der Waals surface area contributed by atoms with Crippen molar-refractivity contribution in [2.75, 3.05) is 25.6 Å². The highest BCUT2D eigenvalue weighted by molar-refractivity contribution is 5.49. The Morgan fingerprint density at radius 2 is 2.22 bits per heavy atom. The van der Waals surface area contributed by atoms with E-state index in [4.69, 9.17) is 15.2 Å². The Morgan fingerprint density at radius 1 is 1.33 bits per heavy atom. The van der Waals surface area contributed by atoms with E-state index < -0.39 is 0 Å². The number of hydrogen-bond donors (Lipinski definition) is 2. The Hall–Kier alpha value is -1.26. The first kappa shape index (κ1) is 13.2. The van der Waals surface area contributed by atoms with Crippen molar-refractivity contribution in [3.8, 4) is 5.75 Å². The molecular formula is C14H22N2O2. The Labute approximate surface area is 108 Å². The Morgan fingerprint density at radius 3 is 2.94 bits per heavy atom. The van der Waals surface area contributed by atoms with Gasteiger partial charge in [0.25, 0.3) is 0 Å². The van der Waals surface area contributed by atoms with E-state index in [1.807, 2.05) is 18.2 Å². The summed E-state index contributed by atoms with van der Waals surface area (Å²) in [6.07, 6.45) is 3.31. The lowest BCUT2D eigenvalue weighted by molar-refractivity contribution is 0.146. The van der Waals surface area contributed by atoms with Crippen molar-refractivity contribution >= 4 is 5.69 Å². The first-order chi connectivity index (χ1) is 8.78. The van der Waals surface area contributed by atoms with Crippen molar-refractivity contribution in [3.63, 3.8) is 0 Å². The minimum atomic E-state index is 0.351. The van der Waals surface area contributed by atoms with Gasteiger partial charge in [0.1, 0.15) is 12.4 Å². The van der Waals surface area contributed by atoms with Crippen LogP contribution in [0.2, 0.25) is 0 Å².